The number of rotatable bonds is 12. The number of halogens is 1. The molecule has 3 heteroatoms. The van der Waals surface area contributed by atoms with E-state index < -0.39 is 0 Å². The smallest absolute Gasteiger partial charge is 0.165 e. The van der Waals surface area contributed by atoms with Crippen molar-refractivity contribution in [2.45, 2.75) is 59.3 Å². The average molecular weight is 373 g/mol. The van der Waals surface area contributed by atoms with Gasteiger partial charge >= 0.3 is 0 Å². The Balaban J connectivity index is 1.88. The molecular weight excluding hydrogens is 339 g/mol. The zero-order chi connectivity index (χ0) is 19.5. The van der Waals surface area contributed by atoms with Crippen LogP contribution >= 0.6 is 0 Å². The van der Waals surface area contributed by atoms with Crippen molar-refractivity contribution >= 4 is 0 Å². The van der Waals surface area contributed by atoms with Gasteiger partial charge in [0.2, 0.25) is 0 Å². The van der Waals surface area contributed by atoms with Gasteiger partial charge in [0.15, 0.2) is 11.6 Å². The molecule has 0 fully saturated rings. The molecule has 0 aliphatic carbocycles. The summed E-state index contributed by atoms with van der Waals surface area (Å²) in [6.45, 7) is 7.90. The van der Waals surface area contributed by atoms with Crippen LogP contribution < -0.4 is 9.47 Å². The van der Waals surface area contributed by atoms with E-state index >= 15 is 0 Å². The molecule has 2 rings (SSSR count). The lowest BCUT2D eigenvalue weighted by atomic mass is 10.0. The predicted molar refractivity (Wildman–Crippen MR) is 111 cm³/mol. The van der Waals surface area contributed by atoms with E-state index in [1.807, 2.05) is 30.3 Å². The van der Waals surface area contributed by atoms with Crippen LogP contribution in [0.5, 0.6) is 11.5 Å². The molecule has 0 aliphatic rings. The highest BCUT2D eigenvalue weighted by Crippen LogP contribution is 2.27. The van der Waals surface area contributed by atoms with Crippen molar-refractivity contribution in [2.75, 3.05) is 13.2 Å². The van der Waals surface area contributed by atoms with E-state index in [4.69, 9.17) is 9.47 Å². The van der Waals surface area contributed by atoms with E-state index in [0.29, 0.717) is 18.3 Å². The Bertz CT molecular complexity index is 667. The van der Waals surface area contributed by atoms with Gasteiger partial charge in [-0.3, -0.25) is 0 Å². The molecule has 0 heterocycles. The molecule has 2 aromatic carbocycles. The predicted octanol–water partition coefficient (Wildman–Crippen LogP) is 7.27. The van der Waals surface area contributed by atoms with E-state index in [1.165, 1.54) is 19.3 Å². The van der Waals surface area contributed by atoms with Crippen LogP contribution in [0.3, 0.4) is 0 Å². The molecule has 0 amide bonds. The molecule has 0 spiro atoms. The molecule has 2 nitrogen and oxygen atoms in total. The summed E-state index contributed by atoms with van der Waals surface area (Å²) in [6, 6.07) is 13.0. The zero-order valence-corrected chi connectivity index (χ0v) is 17.0. The van der Waals surface area contributed by atoms with Gasteiger partial charge in [-0.05, 0) is 60.6 Å². The summed E-state index contributed by atoms with van der Waals surface area (Å²) in [6.07, 6.45) is 6.68. The van der Waals surface area contributed by atoms with Crippen molar-refractivity contribution in [1.82, 2.24) is 0 Å². The highest BCUT2D eigenvalue weighted by Gasteiger charge is 2.07. The fourth-order valence-corrected chi connectivity index (χ4v) is 2.90. The number of unbranched alkanes of at least 4 members (excludes halogenated alkanes) is 2. The first-order chi connectivity index (χ1) is 13.1. The van der Waals surface area contributed by atoms with Gasteiger partial charge in [-0.1, -0.05) is 58.2 Å². The minimum atomic E-state index is -0.309. The summed E-state index contributed by atoms with van der Waals surface area (Å²) < 4.78 is 25.7. The Hall–Kier alpha value is -2.03. The Kier molecular flexibility index (Phi) is 9.17. The van der Waals surface area contributed by atoms with Crippen LogP contribution in [-0.2, 0) is 0 Å². The number of hydrogen-bond acceptors (Lipinski definition) is 2. The quantitative estimate of drug-likeness (QED) is 0.365. The molecule has 148 valence electrons. The third-order valence-electron chi connectivity index (χ3n) is 4.93. The number of benzene rings is 2. The van der Waals surface area contributed by atoms with E-state index in [9.17, 15) is 4.39 Å². The normalized spacial score (nSPS) is 12.0. The van der Waals surface area contributed by atoms with Crippen LogP contribution in [-0.4, -0.2) is 13.2 Å². The van der Waals surface area contributed by atoms with Crippen LogP contribution in [0.1, 0.15) is 59.3 Å². The van der Waals surface area contributed by atoms with E-state index in [-0.39, 0.29) is 5.82 Å². The average Bonchev–Trinajstić information content (AvgIpc) is 2.69. The van der Waals surface area contributed by atoms with Crippen LogP contribution in [0, 0.1) is 11.7 Å². The second kappa shape index (κ2) is 11.6. The standard InChI is InChI=1S/C24H33FO2/c1-4-6-7-16-26-22-13-10-20(11-14-22)21-12-15-24(23(25)18-21)27-17-8-9-19(3)5-2/h10-15,18-19H,4-9,16-17H2,1-3H3/t19-/m0/s1. The second-order valence-electron chi connectivity index (χ2n) is 7.23. The van der Waals surface area contributed by atoms with Crippen molar-refractivity contribution in [3.8, 4) is 22.6 Å². The maximum Gasteiger partial charge on any atom is 0.165 e. The van der Waals surface area contributed by atoms with Crippen molar-refractivity contribution in [3.05, 3.63) is 48.3 Å². The molecule has 0 bridgehead atoms. The SMILES string of the molecule is CCCCCOc1ccc(-c2ccc(OCCC[C@@H](C)CC)c(F)c2)cc1. The van der Waals surface area contributed by atoms with Crippen LogP contribution in [0.25, 0.3) is 11.1 Å². The van der Waals surface area contributed by atoms with Crippen LogP contribution in [0.4, 0.5) is 4.39 Å². The van der Waals surface area contributed by atoms with Gasteiger partial charge in [0, 0.05) is 0 Å². The largest absolute Gasteiger partial charge is 0.494 e. The summed E-state index contributed by atoms with van der Waals surface area (Å²) in [4.78, 5) is 0. The molecule has 0 aliphatic heterocycles. The molecule has 0 saturated carbocycles. The molecular formula is C24H33FO2. The summed E-state index contributed by atoms with van der Waals surface area (Å²) in [5.41, 5.74) is 1.81. The Labute approximate surface area is 163 Å². The van der Waals surface area contributed by atoms with Crippen molar-refractivity contribution in [1.29, 1.82) is 0 Å². The van der Waals surface area contributed by atoms with Gasteiger partial charge < -0.3 is 9.47 Å². The highest BCUT2D eigenvalue weighted by molar-refractivity contribution is 5.65. The Morgan fingerprint density at radius 1 is 0.852 bits per heavy atom. The Morgan fingerprint density at radius 2 is 1.56 bits per heavy atom. The van der Waals surface area contributed by atoms with Gasteiger partial charge in [0.1, 0.15) is 5.75 Å². The molecule has 0 saturated heterocycles. The monoisotopic (exact) mass is 372 g/mol. The number of hydrogen-bond donors (Lipinski definition) is 0. The molecule has 0 N–H and O–H groups in total. The third kappa shape index (κ3) is 7.24. The first-order valence-corrected chi connectivity index (χ1v) is 10.3. The molecule has 0 unspecified atom stereocenters. The number of ether oxygens (including phenoxy) is 2. The maximum absolute atomic E-state index is 14.4. The lowest BCUT2D eigenvalue weighted by Gasteiger charge is -2.11. The van der Waals surface area contributed by atoms with Gasteiger partial charge in [-0.2, -0.15) is 0 Å². The molecule has 0 aromatic heterocycles. The topological polar surface area (TPSA) is 18.5 Å². The molecule has 1 atom stereocenters. The fraction of sp³-hybridized carbons (Fsp3) is 0.500. The molecule has 2 aromatic rings. The summed E-state index contributed by atoms with van der Waals surface area (Å²) in [5.74, 6) is 1.57. The first-order valence-electron chi connectivity index (χ1n) is 10.3. The second-order valence-corrected chi connectivity index (χ2v) is 7.23. The van der Waals surface area contributed by atoms with Gasteiger partial charge in [-0.15, -0.1) is 0 Å². The summed E-state index contributed by atoms with van der Waals surface area (Å²) in [7, 11) is 0. The molecule has 27 heavy (non-hydrogen) atoms. The lowest BCUT2D eigenvalue weighted by molar-refractivity contribution is 0.281. The van der Waals surface area contributed by atoms with Crippen LogP contribution in [0.2, 0.25) is 0 Å². The molecule has 0 radical (unpaired) electrons. The van der Waals surface area contributed by atoms with Gasteiger partial charge in [-0.25, -0.2) is 4.39 Å². The fourth-order valence-electron chi connectivity index (χ4n) is 2.90. The third-order valence-corrected chi connectivity index (χ3v) is 4.93. The highest BCUT2D eigenvalue weighted by atomic mass is 19.1. The van der Waals surface area contributed by atoms with Crippen LogP contribution in [0.15, 0.2) is 42.5 Å². The minimum Gasteiger partial charge on any atom is -0.494 e. The van der Waals surface area contributed by atoms with Gasteiger partial charge in [0.25, 0.3) is 0 Å². The lowest BCUT2D eigenvalue weighted by Crippen LogP contribution is -2.02. The Morgan fingerprint density at radius 3 is 2.22 bits per heavy atom. The minimum absolute atomic E-state index is 0.309. The van der Waals surface area contributed by atoms with E-state index in [1.54, 1.807) is 12.1 Å². The van der Waals surface area contributed by atoms with E-state index in [2.05, 4.69) is 20.8 Å². The maximum atomic E-state index is 14.4. The summed E-state index contributed by atoms with van der Waals surface area (Å²) >= 11 is 0. The first kappa shape index (κ1) is 21.3. The van der Waals surface area contributed by atoms with E-state index in [0.717, 1.165) is 42.7 Å². The van der Waals surface area contributed by atoms with Crippen molar-refractivity contribution in [3.63, 3.8) is 0 Å². The van der Waals surface area contributed by atoms with Crippen molar-refractivity contribution < 1.29 is 13.9 Å². The summed E-state index contributed by atoms with van der Waals surface area (Å²) in [5, 5.41) is 0. The van der Waals surface area contributed by atoms with Crippen molar-refractivity contribution in [2.24, 2.45) is 5.92 Å². The zero-order valence-electron chi connectivity index (χ0n) is 17.0. The van der Waals surface area contributed by atoms with Gasteiger partial charge in [0.05, 0.1) is 13.2 Å².